The van der Waals surface area contributed by atoms with Crippen molar-refractivity contribution in [2.45, 2.75) is 44.9 Å². The Hall–Kier alpha value is -1.84. The zero-order valence-corrected chi connectivity index (χ0v) is 14.2. The highest BCUT2D eigenvalue weighted by Gasteiger charge is 2.35. The fourth-order valence-corrected chi connectivity index (χ4v) is 4.24. The van der Waals surface area contributed by atoms with Gasteiger partial charge in [0.05, 0.1) is 0 Å². The van der Waals surface area contributed by atoms with Crippen molar-refractivity contribution in [2.75, 3.05) is 24.5 Å². The number of anilines is 1. The van der Waals surface area contributed by atoms with Crippen LogP contribution in [0, 0.1) is 11.8 Å². The molecule has 0 spiro atoms. The lowest BCUT2D eigenvalue weighted by molar-refractivity contribution is -0.141. The average molecular weight is 326 g/mol. The Balaban J connectivity index is 1.39. The summed E-state index contributed by atoms with van der Waals surface area (Å²) in [5, 5.41) is 0. The predicted octanol–water partition coefficient (Wildman–Crippen LogP) is 3.00. The Kier molecular flexibility index (Phi) is 4.30. The number of benzene rings is 1. The first kappa shape index (κ1) is 15.7. The molecule has 0 N–H and O–H groups in total. The van der Waals surface area contributed by atoms with Crippen LogP contribution in [0.3, 0.4) is 0 Å². The topological polar surface area (TPSA) is 40.6 Å². The van der Waals surface area contributed by atoms with Crippen molar-refractivity contribution in [3.05, 3.63) is 29.8 Å². The van der Waals surface area contributed by atoms with Crippen LogP contribution in [0.1, 0.15) is 44.1 Å². The first-order chi connectivity index (χ1) is 11.7. The molecule has 1 aromatic rings. The van der Waals surface area contributed by atoms with E-state index in [-0.39, 0.29) is 17.7 Å². The largest absolute Gasteiger partial charge is 0.342 e. The molecule has 1 saturated heterocycles. The molecule has 2 heterocycles. The monoisotopic (exact) mass is 326 g/mol. The highest BCUT2D eigenvalue weighted by Crippen LogP contribution is 2.32. The Morgan fingerprint density at radius 2 is 1.54 bits per heavy atom. The van der Waals surface area contributed by atoms with Gasteiger partial charge in [-0.25, -0.2) is 0 Å². The summed E-state index contributed by atoms with van der Waals surface area (Å²) in [4.78, 5) is 29.4. The summed E-state index contributed by atoms with van der Waals surface area (Å²) in [6, 6.07) is 8.28. The third-order valence-corrected chi connectivity index (χ3v) is 5.99. The lowest BCUT2D eigenvalue weighted by Gasteiger charge is -2.38. The number of likely N-dealkylation sites (tertiary alicyclic amines) is 1. The summed E-state index contributed by atoms with van der Waals surface area (Å²) in [5.74, 6) is 0.932. The zero-order valence-electron chi connectivity index (χ0n) is 14.2. The second-order valence-electron chi connectivity index (χ2n) is 7.45. The number of hydrogen-bond acceptors (Lipinski definition) is 2. The van der Waals surface area contributed by atoms with E-state index in [1.165, 1.54) is 12.0 Å². The van der Waals surface area contributed by atoms with Crippen LogP contribution >= 0.6 is 0 Å². The van der Waals surface area contributed by atoms with E-state index < -0.39 is 0 Å². The number of para-hydroxylation sites is 1. The maximum absolute atomic E-state index is 13.0. The molecule has 0 aromatic heterocycles. The fourth-order valence-electron chi connectivity index (χ4n) is 4.24. The number of aryl methyl sites for hydroxylation is 1. The van der Waals surface area contributed by atoms with Gasteiger partial charge in [0, 0.05) is 37.2 Å². The van der Waals surface area contributed by atoms with Gasteiger partial charge in [0.2, 0.25) is 11.8 Å². The minimum atomic E-state index is 0.0709. The van der Waals surface area contributed by atoms with Crippen LogP contribution in [0.4, 0.5) is 5.69 Å². The van der Waals surface area contributed by atoms with E-state index in [9.17, 15) is 9.59 Å². The molecule has 1 saturated carbocycles. The van der Waals surface area contributed by atoms with Crippen molar-refractivity contribution in [1.82, 2.24) is 4.90 Å². The number of amides is 2. The van der Waals surface area contributed by atoms with Gasteiger partial charge >= 0.3 is 0 Å². The Morgan fingerprint density at radius 3 is 2.25 bits per heavy atom. The van der Waals surface area contributed by atoms with Crippen LogP contribution in [0.2, 0.25) is 0 Å². The molecule has 0 unspecified atom stereocenters. The summed E-state index contributed by atoms with van der Waals surface area (Å²) in [7, 11) is 0. The molecule has 4 heteroatoms. The van der Waals surface area contributed by atoms with Gasteiger partial charge in [-0.15, -0.1) is 0 Å². The molecule has 24 heavy (non-hydrogen) atoms. The first-order valence-corrected chi connectivity index (χ1v) is 9.42. The third-order valence-electron chi connectivity index (χ3n) is 5.99. The van der Waals surface area contributed by atoms with Crippen LogP contribution in [-0.2, 0) is 16.0 Å². The number of nitrogens with zero attached hydrogens (tertiary/aromatic N) is 2. The van der Waals surface area contributed by atoms with Crippen molar-refractivity contribution < 1.29 is 9.59 Å². The van der Waals surface area contributed by atoms with E-state index in [2.05, 4.69) is 18.2 Å². The number of carbonyl (C=O) groups is 2. The minimum absolute atomic E-state index is 0.0709. The van der Waals surface area contributed by atoms with Crippen molar-refractivity contribution in [1.29, 1.82) is 0 Å². The van der Waals surface area contributed by atoms with E-state index in [0.717, 1.165) is 63.8 Å². The van der Waals surface area contributed by atoms with Gasteiger partial charge in [-0.2, -0.15) is 0 Å². The van der Waals surface area contributed by atoms with Crippen LogP contribution < -0.4 is 4.90 Å². The molecule has 2 aliphatic heterocycles. The number of fused-ring (bicyclic) bond motifs is 1. The van der Waals surface area contributed by atoms with Gasteiger partial charge in [-0.3, -0.25) is 9.59 Å². The Labute approximate surface area is 143 Å². The van der Waals surface area contributed by atoms with Crippen molar-refractivity contribution in [3.8, 4) is 0 Å². The minimum Gasteiger partial charge on any atom is -0.342 e. The quantitative estimate of drug-likeness (QED) is 0.838. The van der Waals surface area contributed by atoms with E-state index in [1.54, 1.807) is 0 Å². The summed E-state index contributed by atoms with van der Waals surface area (Å²) >= 11 is 0. The molecule has 1 aliphatic carbocycles. The van der Waals surface area contributed by atoms with Crippen molar-refractivity contribution >= 4 is 17.5 Å². The summed E-state index contributed by atoms with van der Waals surface area (Å²) in [6.07, 6.45) is 7.05. The molecule has 4 nitrogen and oxygen atoms in total. The maximum Gasteiger partial charge on any atom is 0.230 e. The molecule has 2 fully saturated rings. The third kappa shape index (κ3) is 2.83. The first-order valence-electron chi connectivity index (χ1n) is 9.42. The van der Waals surface area contributed by atoms with Crippen LogP contribution in [-0.4, -0.2) is 36.3 Å². The van der Waals surface area contributed by atoms with Crippen LogP contribution in [0.25, 0.3) is 0 Å². The molecule has 0 atom stereocenters. The molecule has 0 radical (unpaired) electrons. The van der Waals surface area contributed by atoms with Crippen LogP contribution in [0.15, 0.2) is 24.3 Å². The van der Waals surface area contributed by atoms with Gasteiger partial charge in [0.25, 0.3) is 0 Å². The van der Waals surface area contributed by atoms with Crippen LogP contribution in [0.5, 0.6) is 0 Å². The molecule has 128 valence electrons. The number of rotatable bonds is 2. The molecule has 1 aromatic carbocycles. The second kappa shape index (κ2) is 6.58. The Morgan fingerprint density at radius 1 is 0.833 bits per heavy atom. The molecule has 4 rings (SSSR count). The predicted molar refractivity (Wildman–Crippen MR) is 93.8 cm³/mol. The fraction of sp³-hybridized carbons (Fsp3) is 0.600. The van der Waals surface area contributed by atoms with E-state index in [1.807, 2.05) is 15.9 Å². The van der Waals surface area contributed by atoms with E-state index in [4.69, 9.17) is 0 Å². The molecule has 3 aliphatic rings. The number of piperidine rings is 1. The Bertz CT molecular complexity index is 630. The molecular weight excluding hydrogens is 300 g/mol. The smallest absolute Gasteiger partial charge is 0.230 e. The number of carbonyl (C=O) groups excluding carboxylic acids is 2. The second-order valence-corrected chi connectivity index (χ2v) is 7.45. The van der Waals surface area contributed by atoms with Gasteiger partial charge < -0.3 is 9.80 Å². The standard InChI is InChI=1S/C20H26N2O2/c23-19(16-6-3-7-16)21-13-10-17(11-14-21)20(24)22-12-4-8-15-5-1-2-9-18(15)22/h1-2,5,9,16-17H,3-4,6-8,10-14H2. The highest BCUT2D eigenvalue weighted by atomic mass is 16.2. The highest BCUT2D eigenvalue weighted by molar-refractivity contribution is 5.96. The van der Waals surface area contributed by atoms with E-state index >= 15 is 0 Å². The van der Waals surface area contributed by atoms with Crippen molar-refractivity contribution in [3.63, 3.8) is 0 Å². The maximum atomic E-state index is 13.0. The summed E-state index contributed by atoms with van der Waals surface area (Å²) in [6.45, 7) is 2.33. The lowest BCUT2D eigenvalue weighted by atomic mass is 9.83. The lowest BCUT2D eigenvalue weighted by Crippen LogP contribution is -2.47. The summed E-state index contributed by atoms with van der Waals surface area (Å²) in [5.41, 5.74) is 2.39. The zero-order chi connectivity index (χ0) is 16.5. The van der Waals surface area contributed by atoms with E-state index in [0.29, 0.717) is 5.91 Å². The number of hydrogen-bond donors (Lipinski definition) is 0. The average Bonchev–Trinajstić information content (AvgIpc) is 2.59. The molecule has 0 bridgehead atoms. The van der Waals surface area contributed by atoms with Gasteiger partial charge in [-0.05, 0) is 50.2 Å². The summed E-state index contributed by atoms with van der Waals surface area (Å²) < 4.78 is 0. The van der Waals surface area contributed by atoms with Crippen molar-refractivity contribution in [2.24, 2.45) is 11.8 Å². The molecular formula is C20H26N2O2. The molecule has 2 amide bonds. The normalized spacial score (nSPS) is 22.0. The van der Waals surface area contributed by atoms with Gasteiger partial charge in [0.1, 0.15) is 0 Å². The SMILES string of the molecule is O=C(C1CCC1)N1CCC(C(=O)N2CCCc3ccccc32)CC1. The van der Waals surface area contributed by atoms with Gasteiger partial charge in [0.15, 0.2) is 0 Å². The van der Waals surface area contributed by atoms with Gasteiger partial charge in [-0.1, -0.05) is 24.6 Å².